The van der Waals surface area contributed by atoms with E-state index in [2.05, 4.69) is 10.2 Å². The summed E-state index contributed by atoms with van der Waals surface area (Å²) in [5.41, 5.74) is 0. The summed E-state index contributed by atoms with van der Waals surface area (Å²) in [7, 11) is 2.02. The second-order valence-electron chi connectivity index (χ2n) is 3.95. The monoisotopic (exact) mass is 216 g/mol. The van der Waals surface area contributed by atoms with Crippen molar-refractivity contribution in [3.63, 3.8) is 0 Å². The molecule has 0 aromatic heterocycles. The minimum absolute atomic E-state index is 0.0136. The molecule has 0 aromatic carbocycles. The summed E-state index contributed by atoms with van der Waals surface area (Å²) in [6.45, 7) is 2.64. The van der Waals surface area contributed by atoms with Crippen molar-refractivity contribution in [2.45, 2.75) is 25.4 Å². The van der Waals surface area contributed by atoms with Crippen LogP contribution in [0, 0.1) is 0 Å². The first-order valence-electron chi connectivity index (χ1n) is 5.46. The normalized spacial score (nSPS) is 20.5. The zero-order chi connectivity index (χ0) is 11.1. The number of rotatable bonds is 7. The highest BCUT2D eigenvalue weighted by molar-refractivity contribution is 5.69. The van der Waals surface area contributed by atoms with Crippen LogP contribution in [0.4, 0.5) is 4.79 Å². The van der Waals surface area contributed by atoms with Crippen LogP contribution in [0.1, 0.15) is 19.3 Å². The van der Waals surface area contributed by atoms with Crippen LogP contribution in [0.5, 0.6) is 0 Å². The highest BCUT2D eigenvalue weighted by Gasteiger charge is 2.23. The van der Waals surface area contributed by atoms with Gasteiger partial charge in [0.1, 0.15) is 6.10 Å². The van der Waals surface area contributed by atoms with Gasteiger partial charge in [0.05, 0.1) is 6.54 Å². The Kier molecular flexibility index (Phi) is 5.42. The number of hydrogen-bond acceptors (Lipinski definition) is 4. The Labute approximate surface area is 90.4 Å². The molecule has 1 aliphatic rings. The van der Waals surface area contributed by atoms with E-state index in [-0.39, 0.29) is 18.8 Å². The van der Waals surface area contributed by atoms with Crippen LogP contribution >= 0.6 is 0 Å². The molecule has 1 fully saturated rings. The van der Waals surface area contributed by atoms with Crippen molar-refractivity contribution in [2.75, 3.05) is 33.3 Å². The van der Waals surface area contributed by atoms with Crippen LogP contribution in [0.15, 0.2) is 0 Å². The van der Waals surface area contributed by atoms with Crippen LogP contribution < -0.4 is 5.32 Å². The van der Waals surface area contributed by atoms with Gasteiger partial charge in [-0.05, 0) is 32.9 Å². The zero-order valence-corrected chi connectivity index (χ0v) is 9.24. The zero-order valence-electron chi connectivity index (χ0n) is 9.24. The van der Waals surface area contributed by atoms with Crippen molar-refractivity contribution in [3.8, 4) is 0 Å². The van der Waals surface area contributed by atoms with Gasteiger partial charge in [-0.1, -0.05) is 0 Å². The Morgan fingerprint density at radius 2 is 2.33 bits per heavy atom. The second-order valence-corrected chi connectivity index (χ2v) is 3.95. The number of aliphatic hydroxyl groups excluding tert-OH is 1. The average molecular weight is 216 g/mol. The van der Waals surface area contributed by atoms with Gasteiger partial charge in [-0.2, -0.15) is 0 Å². The standard InChI is InChI=1S/C10H20N2O3/c1-12(5-3-2-4-6-13)8-9-7-11-10(14)15-9/h9,13H,2-8H2,1H3,(H,11,14). The second kappa shape index (κ2) is 6.63. The quantitative estimate of drug-likeness (QED) is 0.596. The molecule has 1 rings (SSSR count). The Morgan fingerprint density at radius 1 is 1.53 bits per heavy atom. The number of carbonyl (C=O) groups is 1. The van der Waals surface area contributed by atoms with Gasteiger partial charge < -0.3 is 20.1 Å². The van der Waals surface area contributed by atoms with Crippen LogP contribution in [0.3, 0.4) is 0 Å². The van der Waals surface area contributed by atoms with Gasteiger partial charge in [0.25, 0.3) is 0 Å². The molecule has 1 unspecified atom stereocenters. The maximum atomic E-state index is 10.8. The molecule has 2 N–H and O–H groups in total. The molecule has 5 heteroatoms. The summed E-state index contributed by atoms with van der Waals surface area (Å²) in [4.78, 5) is 12.9. The molecule has 1 amide bonds. The van der Waals surface area contributed by atoms with E-state index >= 15 is 0 Å². The van der Waals surface area contributed by atoms with Crippen molar-refractivity contribution in [1.82, 2.24) is 10.2 Å². The van der Waals surface area contributed by atoms with Crippen molar-refractivity contribution >= 4 is 6.09 Å². The molecule has 1 aliphatic heterocycles. The van der Waals surface area contributed by atoms with E-state index in [0.29, 0.717) is 6.54 Å². The summed E-state index contributed by atoms with van der Waals surface area (Å²) in [6, 6.07) is 0. The third-order valence-electron chi connectivity index (χ3n) is 2.46. The SMILES string of the molecule is CN(CCCCCO)CC1CNC(=O)O1. The molecule has 1 heterocycles. The van der Waals surface area contributed by atoms with Crippen LogP contribution in [-0.2, 0) is 4.74 Å². The van der Waals surface area contributed by atoms with Crippen molar-refractivity contribution < 1.29 is 14.6 Å². The summed E-state index contributed by atoms with van der Waals surface area (Å²) in [6.07, 6.45) is 2.66. The smallest absolute Gasteiger partial charge is 0.407 e. The van der Waals surface area contributed by atoms with E-state index < -0.39 is 0 Å². The van der Waals surface area contributed by atoms with Crippen LogP contribution in [0.25, 0.3) is 0 Å². The first kappa shape index (κ1) is 12.3. The van der Waals surface area contributed by atoms with Gasteiger partial charge in [-0.15, -0.1) is 0 Å². The van der Waals surface area contributed by atoms with Crippen molar-refractivity contribution in [3.05, 3.63) is 0 Å². The lowest BCUT2D eigenvalue weighted by Gasteiger charge is -2.19. The van der Waals surface area contributed by atoms with E-state index in [1.807, 2.05) is 7.05 Å². The number of aliphatic hydroxyl groups is 1. The molecule has 1 atom stereocenters. The highest BCUT2D eigenvalue weighted by Crippen LogP contribution is 2.03. The fourth-order valence-corrected chi connectivity index (χ4v) is 1.64. The highest BCUT2D eigenvalue weighted by atomic mass is 16.6. The summed E-state index contributed by atoms with van der Waals surface area (Å²) >= 11 is 0. The Hall–Kier alpha value is -0.810. The molecule has 0 aliphatic carbocycles. The van der Waals surface area contributed by atoms with Crippen LogP contribution in [-0.4, -0.2) is 55.5 Å². The number of alkyl carbamates (subject to hydrolysis) is 1. The maximum Gasteiger partial charge on any atom is 0.407 e. The van der Waals surface area contributed by atoms with Gasteiger partial charge in [0, 0.05) is 13.2 Å². The van der Waals surface area contributed by atoms with E-state index in [0.717, 1.165) is 32.4 Å². The average Bonchev–Trinajstić information content (AvgIpc) is 2.59. The van der Waals surface area contributed by atoms with Gasteiger partial charge in [0.15, 0.2) is 0 Å². The van der Waals surface area contributed by atoms with E-state index in [4.69, 9.17) is 9.84 Å². The molecule has 0 saturated carbocycles. The van der Waals surface area contributed by atoms with E-state index in [1.165, 1.54) is 0 Å². The number of unbranched alkanes of at least 4 members (excludes halogenated alkanes) is 2. The predicted octanol–water partition coefficient (Wildman–Crippen LogP) is 0.189. The number of nitrogens with one attached hydrogen (secondary N) is 1. The van der Waals surface area contributed by atoms with Crippen molar-refractivity contribution in [2.24, 2.45) is 0 Å². The minimum Gasteiger partial charge on any atom is -0.443 e. The summed E-state index contributed by atoms with van der Waals surface area (Å²) in [5.74, 6) is 0. The molecule has 5 nitrogen and oxygen atoms in total. The molecular formula is C10H20N2O3. The lowest BCUT2D eigenvalue weighted by Crippen LogP contribution is -2.32. The summed E-state index contributed by atoms with van der Waals surface area (Å²) < 4.78 is 5.03. The summed E-state index contributed by atoms with van der Waals surface area (Å²) in [5, 5.41) is 11.2. The maximum absolute atomic E-state index is 10.8. The Balaban J connectivity index is 2.02. The van der Waals surface area contributed by atoms with Crippen LogP contribution in [0.2, 0.25) is 0 Å². The molecule has 0 aromatic rings. The Morgan fingerprint density at radius 3 is 2.93 bits per heavy atom. The van der Waals surface area contributed by atoms with Gasteiger partial charge in [-0.25, -0.2) is 4.79 Å². The number of ether oxygens (including phenoxy) is 1. The third kappa shape index (κ3) is 4.99. The predicted molar refractivity (Wildman–Crippen MR) is 56.7 cm³/mol. The number of amides is 1. The molecule has 15 heavy (non-hydrogen) atoms. The first-order valence-corrected chi connectivity index (χ1v) is 5.46. The number of likely N-dealkylation sites (N-methyl/N-ethyl adjacent to an activating group) is 1. The van der Waals surface area contributed by atoms with E-state index in [9.17, 15) is 4.79 Å². The topological polar surface area (TPSA) is 61.8 Å². The fraction of sp³-hybridized carbons (Fsp3) is 0.900. The minimum atomic E-state index is -0.311. The van der Waals surface area contributed by atoms with Gasteiger partial charge in [0.2, 0.25) is 0 Å². The Bertz CT molecular complexity index is 199. The van der Waals surface area contributed by atoms with Crippen molar-refractivity contribution in [1.29, 1.82) is 0 Å². The number of cyclic esters (lactones) is 1. The largest absolute Gasteiger partial charge is 0.443 e. The molecule has 0 spiro atoms. The molecule has 0 bridgehead atoms. The first-order chi connectivity index (χ1) is 7.22. The molecule has 88 valence electrons. The molecule has 1 saturated heterocycles. The number of nitrogens with zero attached hydrogens (tertiary/aromatic N) is 1. The molecular weight excluding hydrogens is 196 g/mol. The fourth-order valence-electron chi connectivity index (χ4n) is 1.64. The van der Waals surface area contributed by atoms with E-state index in [1.54, 1.807) is 0 Å². The number of hydrogen-bond donors (Lipinski definition) is 2. The van der Waals surface area contributed by atoms with Gasteiger partial charge in [-0.3, -0.25) is 0 Å². The lowest BCUT2D eigenvalue weighted by molar-refractivity contribution is 0.116. The lowest BCUT2D eigenvalue weighted by atomic mass is 10.2. The third-order valence-corrected chi connectivity index (χ3v) is 2.46. The number of carbonyl (C=O) groups excluding carboxylic acids is 1. The molecule has 0 radical (unpaired) electrons. The van der Waals surface area contributed by atoms with Gasteiger partial charge >= 0.3 is 6.09 Å².